The lowest BCUT2D eigenvalue weighted by molar-refractivity contribution is 0.275. The van der Waals surface area contributed by atoms with Crippen molar-refractivity contribution in [3.8, 4) is 0 Å². The molecule has 0 saturated carbocycles. The lowest BCUT2D eigenvalue weighted by Crippen LogP contribution is -1.94. The minimum absolute atomic E-state index is 0.551. The standard InChI is InChI=1S/C13H29O3P/c1-4-5-6-7-8-9-10-11-12-13-17(14,15-2)16-3/h4-13H2,1-3H3. The van der Waals surface area contributed by atoms with Gasteiger partial charge in [-0.15, -0.1) is 0 Å². The number of hydrogen-bond donors (Lipinski definition) is 0. The molecule has 0 aromatic heterocycles. The molecule has 17 heavy (non-hydrogen) atoms. The zero-order chi connectivity index (χ0) is 13.0. The Balaban J connectivity index is 3.26. The molecule has 0 aromatic rings. The summed E-state index contributed by atoms with van der Waals surface area (Å²) in [5, 5.41) is 0. The van der Waals surface area contributed by atoms with E-state index in [1.165, 1.54) is 59.2 Å². The summed E-state index contributed by atoms with van der Waals surface area (Å²) in [7, 11) is 0.161. The van der Waals surface area contributed by atoms with Crippen LogP contribution in [0.2, 0.25) is 0 Å². The minimum Gasteiger partial charge on any atom is -0.312 e. The Labute approximate surface area is 107 Å². The van der Waals surface area contributed by atoms with Crippen molar-refractivity contribution in [3.63, 3.8) is 0 Å². The van der Waals surface area contributed by atoms with Crippen molar-refractivity contribution in [1.29, 1.82) is 0 Å². The molecule has 3 nitrogen and oxygen atoms in total. The van der Waals surface area contributed by atoms with Crippen molar-refractivity contribution in [3.05, 3.63) is 0 Å². The summed E-state index contributed by atoms with van der Waals surface area (Å²) in [5.41, 5.74) is 0. The summed E-state index contributed by atoms with van der Waals surface area (Å²) in [6.45, 7) is 2.24. The van der Waals surface area contributed by atoms with Gasteiger partial charge in [0.25, 0.3) is 0 Å². The maximum atomic E-state index is 11.7. The van der Waals surface area contributed by atoms with Gasteiger partial charge in [-0.25, -0.2) is 0 Å². The molecule has 0 fully saturated rings. The van der Waals surface area contributed by atoms with E-state index in [0.29, 0.717) is 6.16 Å². The maximum absolute atomic E-state index is 11.7. The summed E-state index contributed by atoms with van der Waals surface area (Å²) >= 11 is 0. The van der Waals surface area contributed by atoms with E-state index in [0.717, 1.165) is 12.8 Å². The van der Waals surface area contributed by atoms with Gasteiger partial charge in [0.15, 0.2) is 0 Å². The Bertz CT molecular complexity index is 199. The van der Waals surface area contributed by atoms with Gasteiger partial charge in [-0.1, -0.05) is 58.3 Å². The maximum Gasteiger partial charge on any atom is 0.330 e. The van der Waals surface area contributed by atoms with Gasteiger partial charge in [-0.05, 0) is 6.42 Å². The molecule has 0 spiro atoms. The molecule has 0 atom stereocenters. The molecule has 0 aliphatic rings. The van der Waals surface area contributed by atoms with E-state index in [-0.39, 0.29) is 0 Å². The first-order valence-electron chi connectivity index (χ1n) is 6.89. The normalized spacial score (nSPS) is 11.9. The highest BCUT2D eigenvalue weighted by Gasteiger charge is 2.19. The number of unbranched alkanes of at least 4 members (excludes halogenated alkanes) is 8. The molecular weight excluding hydrogens is 235 g/mol. The van der Waals surface area contributed by atoms with Crippen LogP contribution in [-0.4, -0.2) is 20.4 Å². The zero-order valence-electron chi connectivity index (χ0n) is 11.7. The van der Waals surface area contributed by atoms with Gasteiger partial charge in [-0.2, -0.15) is 0 Å². The third kappa shape index (κ3) is 9.82. The molecule has 0 radical (unpaired) electrons. The average molecular weight is 264 g/mol. The fraction of sp³-hybridized carbons (Fsp3) is 1.00. The molecule has 0 saturated heterocycles. The second-order valence-corrected chi connectivity index (χ2v) is 6.93. The van der Waals surface area contributed by atoms with Gasteiger partial charge in [0.05, 0.1) is 6.16 Å². The van der Waals surface area contributed by atoms with Crippen molar-refractivity contribution < 1.29 is 13.6 Å². The molecule has 0 aromatic carbocycles. The molecular formula is C13H29O3P. The Morgan fingerprint density at radius 2 is 1.18 bits per heavy atom. The van der Waals surface area contributed by atoms with Gasteiger partial charge in [0, 0.05) is 14.2 Å². The molecule has 0 N–H and O–H groups in total. The summed E-state index contributed by atoms with van der Waals surface area (Å²) in [5.74, 6) is 0. The van der Waals surface area contributed by atoms with Crippen molar-refractivity contribution in [1.82, 2.24) is 0 Å². The van der Waals surface area contributed by atoms with Gasteiger partial charge >= 0.3 is 7.60 Å². The highest BCUT2D eigenvalue weighted by Crippen LogP contribution is 2.47. The van der Waals surface area contributed by atoms with Crippen molar-refractivity contribution >= 4 is 7.60 Å². The van der Waals surface area contributed by atoms with Crippen molar-refractivity contribution in [2.45, 2.75) is 64.7 Å². The minimum atomic E-state index is -2.75. The van der Waals surface area contributed by atoms with E-state index in [2.05, 4.69) is 6.92 Å². The van der Waals surface area contributed by atoms with Gasteiger partial charge in [0.2, 0.25) is 0 Å². The van der Waals surface area contributed by atoms with E-state index >= 15 is 0 Å². The Kier molecular flexibility index (Phi) is 11.4. The summed E-state index contributed by atoms with van der Waals surface area (Å²) < 4.78 is 21.5. The molecule has 0 unspecified atom stereocenters. The highest BCUT2D eigenvalue weighted by molar-refractivity contribution is 7.53. The van der Waals surface area contributed by atoms with Crippen LogP contribution in [0.4, 0.5) is 0 Å². The lowest BCUT2D eigenvalue weighted by atomic mass is 10.1. The van der Waals surface area contributed by atoms with Crippen LogP contribution >= 0.6 is 7.60 Å². The predicted octanol–water partition coefficient (Wildman–Crippen LogP) is 5.00. The zero-order valence-corrected chi connectivity index (χ0v) is 12.6. The first-order chi connectivity index (χ1) is 8.18. The Morgan fingerprint density at radius 3 is 1.59 bits per heavy atom. The first-order valence-corrected chi connectivity index (χ1v) is 8.62. The molecule has 0 amide bonds. The summed E-state index contributed by atoms with van der Waals surface area (Å²) in [6, 6.07) is 0. The summed E-state index contributed by atoms with van der Waals surface area (Å²) in [4.78, 5) is 0. The molecule has 0 bridgehead atoms. The molecule has 0 aliphatic carbocycles. The van der Waals surface area contributed by atoms with Gasteiger partial charge < -0.3 is 9.05 Å². The molecule has 0 aliphatic heterocycles. The SMILES string of the molecule is CCCCCCCCCCCP(=O)(OC)OC. The van der Waals surface area contributed by atoms with Crippen LogP contribution in [0.1, 0.15) is 64.7 Å². The first kappa shape index (κ1) is 17.2. The topological polar surface area (TPSA) is 35.5 Å². The van der Waals surface area contributed by atoms with Crippen LogP contribution in [0.15, 0.2) is 0 Å². The van der Waals surface area contributed by atoms with Crippen LogP contribution in [0.3, 0.4) is 0 Å². The van der Waals surface area contributed by atoms with Crippen LogP contribution in [0.25, 0.3) is 0 Å². The van der Waals surface area contributed by atoms with E-state index in [1.54, 1.807) is 0 Å². The fourth-order valence-electron chi connectivity index (χ4n) is 1.87. The van der Waals surface area contributed by atoms with Crippen LogP contribution < -0.4 is 0 Å². The monoisotopic (exact) mass is 264 g/mol. The lowest BCUT2D eigenvalue weighted by Gasteiger charge is -2.12. The van der Waals surface area contributed by atoms with E-state index < -0.39 is 7.60 Å². The molecule has 104 valence electrons. The fourth-order valence-corrected chi connectivity index (χ4v) is 3.00. The van der Waals surface area contributed by atoms with Crippen LogP contribution in [0, 0.1) is 0 Å². The van der Waals surface area contributed by atoms with Crippen LogP contribution in [0.5, 0.6) is 0 Å². The highest BCUT2D eigenvalue weighted by atomic mass is 31.2. The van der Waals surface area contributed by atoms with Crippen molar-refractivity contribution in [2.75, 3.05) is 20.4 Å². The predicted molar refractivity (Wildman–Crippen MR) is 73.7 cm³/mol. The van der Waals surface area contributed by atoms with E-state index in [4.69, 9.17) is 9.05 Å². The van der Waals surface area contributed by atoms with E-state index in [1.807, 2.05) is 0 Å². The molecule has 0 rings (SSSR count). The quantitative estimate of drug-likeness (QED) is 0.367. The summed E-state index contributed by atoms with van der Waals surface area (Å²) in [6.07, 6.45) is 11.9. The smallest absolute Gasteiger partial charge is 0.312 e. The third-order valence-corrected chi connectivity index (χ3v) is 5.07. The second kappa shape index (κ2) is 11.3. The Morgan fingerprint density at radius 1 is 0.765 bits per heavy atom. The number of rotatable bonds is 12. The third-order valence-electron chi connectivity index (χ3n) is 3.09. The van der Waals surface area contributed by atoms with Crippen LogP contribution in [-0.2, 0) is 13.6 Å². The number of hydrogen-bond acceptors (Lipinski definition) is 3. The van der Waals surface area contributed by atoms with Crippen molar-refractivity contribution in [2.24, 2.45) is 0 Å². The second-order valence-electron chi connectivity index (χ2n) is 4.53. The largest absolute Gasteiger partial charge is 0.330 e. The average Bonchev–Trinajstić information content (AvgIpc) is 2.36. The molecule has 4 heteroatoms. The molecule has 0 heterocycles. The van der Waals surface area contributed by atoms with Gasteiger partial charge in [0.1, 0.15) is 0 Å². The van der Waals surface area contributed by atoms with E-state index in [9.17, 15) is 4.57 Å². The van der Waals surface area contributed by atoms with Gasteiger partial charge in [-0.3, -0.25) is 4.57 Å². The Hall–Kier alpha value is 0.150.